The molecule has 0 saturated heterocycles. The van der Waals surface area contributed by atoms with Crippen molar-refractivity contribution < 1.29 is 0 Å². The Morgan fingerprint density at radius 1 is 0.317 bits per heavy atom. The second-order valence-electron chi connectivity index (χ2n) is 16.9. The molecule has 10 aromatic carbocycles. The van der Waals surface area contributed by atoms with Gasteiger partial charge in [-0.3, -0.25) is 0 Å². The monoisotopic (exact) mass is 768 g/mol. The lowest BCUT2D eigenvalue weighted by Gasteiger charge is -2.27. The Kier molecular flexibility index (Phi) is 8.42. The molecule has 2 heteroatoms. The van der Waals surface area contributed by atoms with Gasteiger partial charge in [-0.1, -0.05) is 158 Å². The van der Waals surface area contributed by atoms with E-state index < -0.39 is 0 Å². The van der Waals surface area contributed by atoms with Crippen LogP contribution in [0.15, 0.2) is 212 Å². The van der Waals surface area contributed by atoms with Gasteiger partial charge in [-0.15, -0.1) is 0 Å². The van der Waals surface area contributed by atoms with Crippen LogP contribution in [0.3, 0.4) is 0 Å². The van der Waals surface area contributed by atoms with Gasteiger partial charge in [0.05, 0.1) is 0 Å². The van der Waals surface area contributed by atoms with Gasteiger partial charge < -0.3 is 9.47 Å². The average Bonchev–Trinajstić information content (AvgIpc) is 3.64. The highest BCUT2D eigenvalue weighted by molar-refractivity contribution is 6.21. The molecule has 0 aliphatic rings. The molecule has 0 aliphatic carbocycles. The van der Waals surface area contributed by atoms with Crippen molar-refractivity contribution in [2.45, 2.75) is 26.3 Å². The van der Waals surface area contributed by atoms with Crippen molar-refractivity contribution in [1.82, 2.24) is 4.57 Å². The third kappa shape index (κ3) is 5.95. The molecule has 1 heterocycles. The Morgan fingerprint density at radius 3 is 1.37 bits per heavy atom. The normalized spacial score (nSPS) is 11.9. The lowest BCUT2D eigenvalue weighted by atomic mass is 9.86. The van der Waals surface area contributed by atoms with Crippen molar-refractivity contribution in [3.05, 3.63) is 212 Å². The molecule has 11 rings (SSSR count). The van der Waals surface area contributed by atoms with Gasteiger partial charge in [0.25, 0.3) is 0 Å². The lowest BCUT2D eigenvalue weighted by Crippen LogP contribution is -2.21. The van der Waals surface area contributed by atoms with E-state index in [1.54, 1.807) is 0 Å². The van der Waals surface area contributed by atoms with Crippen LogP contribution in [-0.2, 0) is 5.54 Å². The van der Waals surface area contributed by atoms with Gasteiger partial charge in [0.1, 0.15) is 0 Å². The molecule has 0 saturated carbocycles. The molecule has 1 aromatic heterocycles. The summed E-state index contributed by atoms with van der Waals surface area (Å²) in [6.07, 6.45) is 0. The van der Waals surface area contributed by atoms with E-state index in [0.29, 0.717) is 0 Å². The molecule has 0 radical (unpaired) electrons. The van der Waals surface area contributed by atoms with Crippen LogP contribution < -0.4 is 4.90 Å². The largest absolute Gasteiger partial charge is 0.335 e. The molecule has 11 aromatic rings. The van der Waals surface area contributed by atoms with Gasteiger partial charge in [-0.05, 0) is 141 Å². The van der Waals surface area contributed by atoms with Crippen LogP contribution in [0.2, 0.25) is 0 Å². The zero-order chi connectivity index (χ0) is 40.4. The van der Waals surface area contributed by atoms with Crippen LogP contribution >= 0.6 is 0 Å². The van der Waals surface area contributed by atoms with Crippen LogP contribution in [0, 0.1) is 0 Å². The van der Waals surface area contributed by atoms with Gasteiger partial charge in [-0.2, -0.15) is 0 Å². The molecule has 0 spiro atoms. The molecule has 0 bridgehead atoms. The van der Waals surface area contributed by atoms with E-state index in [9.17, 15) is 0 Å². The summed E-state index contributed by atoms with van der Waals surface area (Å²) in [5.41, 5.74) is 13.1. The van der Waals surface area contributed by atoms with Crippen molar-refractivity contribution in [2.75, 3.05) is 4.90 Å². The first-order valence-electron chi connectivity index (χ1n) is 20.9. The maximum Gasteiger partial charge on any atom is 0.0497 e. The van der Waals surface area contributed by atoms with E-state index in [1.165, 1.54) is 87.5 Å². The fraction of sp³-hybridized carbons (Fsp3) is 0.0690. The number of benzene rings is 10. The predicted molar refractivity (Wildman–Crippen MR) is 258 cm³/mol. The molecule has 0 fully saturated rings. The smallest absolute Gasteiger partial charge is 0.0497 e. The molecule has 286 valence electrons. The zero-order valence-electron chi connectivity index (χ0n) is 34.1. The minimum absolute atomic E-state index is 0.0787. The number of hydrogen-bond acceptors (Lipinski definition) is 1. The van der Waals surface area contributed by atoms with Crippen LogP contribution in [0.25, 0.3) is 87.5 Å². The molecule has 0 unspecified atom stereocenters. The van der Waals surface area contributed by atoms with Crippen LogP contribution in [0.1, 0.15) is 20.8 Å². The Morgan fingerprint density at radius 2 is 0.767 bits per heavy atom. The summed E-state index contributed by atoms with van der Waals surface area (Å²) in [6.45, 7) is 6.87. The van der Waals surface area contributed by atoms with Crippen molar-refractivity contribution in [1.29, 1.82) is 0 Å². The number of para-hydroxylation sites is 1. The van der Waals surface area contributed by atoms with Crippen molar-refractivity contribution in [3.8, 4) is 33.4 Å². The molecule has 0 N–H and O–H groups in total. The Labute approximate surface area is 351 Å². The molecule has 0 aliphatic heterocycles. The standard InChI is InChI=1S/C58H44N2/c1-58(2,3)60-54-24-14-13-19-48(54)53-38-47(35-36-55(53)60)59(45-31-27-40(28-32-45)44-26-25-39-15-7-8-18-43(39)37-44)46-33-29-42(30-34-46)57-51-22-11-9-20-49(51)56(41-16-5-4-6-17-41)50-21-10-12-23-52(50)57/h4-38H,1-3H3. The van der Waals surface area contributed by atoms with E-state index >= 15 is 0 Å². The number of aromatic nitrogens is 1. The Hall–Kier alpha value is -7.42. The molecule has 0 amide bonds. The lowest BCUT2D eigenvalue weighted by molar-refractivity contribution is 0.423. The number of nitrogens with zero attached hydrogens (tertiary/aromatic N) is 2. The highest BCUT2D eigenvalue weighted by Gasteiger charge is 2.23. The summed E-state index contributed by atoms with van der Waals surface area (Å²) in [5, 5.41) is 10.1. The van der Waals surface area contributed by atoms with Gasteiger partial charge in [0.15, 0.2) is 0 Å². The van der Waals surface area contributed by atoms with Gasteiger partial charge in [-0.25, -0.2) is 0 Å². The first-order chi connectivity index (χ1) is 29.4. The quantitative estimate of drug-likeness (QED) is 0.153. The van der Waals surface area contributed by atoms with E-state index in [0.717, 1.165) is 17.1 Å². The van der Waals surface area contributed by atoms with E-state index in [1.807, 2.05) is 0 Å². The maximum atomic E-state index is 2.48. The Bertz CT molecular complexity index is 3330. The average molecular weight is 769 g/mol. The van der Waals surface area contributed by atoms with E-state index in [4.69, 9.17) is 0 Å². The maximum absolute atomic E-state index is 2.48. The summed E-state index contributed by atoms with van der Waals surface area (Å²) in [7, 11) is 0. The Balaban J connectivity index is 1.08. The van der Waals surface area contributed by atoms with Crippen molar-refractivity contribution in [2.24, 2.45) is 0 Å². The van der Waals surface area contributed by atoms with Crippen LogP contribution in [0.4, 0.5) is 17.1 Å². The van der Waals surface area contributed by atoms with Crippen molar-refractivity contribution >= 4 is 71.2 Å². The fourth-order valence-corrected chi connectivity index (χ4v) is 9.57. The molecule has 2 nitrogen and oxygen atoms in total. The third-order valence-corrected chi connectivity index (χ3v) is 12.2. The summed E-state index contributed by atoms with van der Waals surface area (Å²) in [4.78, 5) is 2.41. The predicted octanol–water partition coefficient (Wildman–Crippen LogP) is 16.5. The van der Waals surface area contributed by atoms with Gasteiger partial charge >= 0.3 is 0 Å². The van der Waals surface area contributed by atoms with Gasteiger partial charge in [0.2, 0.25) is 0 Å². The SMILES string of the molecule is CC(C)(C)n1c2ccccc2c2cc(N(c3ccc(-c4ccc5ccccc5c4)cc3)c3ccc(-c4c5ccccc5c(-c5ccccc5)c5ccccc45)cc3)ccc21. The summed E-state index contributed by atoms with van der Waals surface area (Å²) < 4.78 is 2.48. The number of fused-ring (bicyclic) bond motifs is 6. The molecular formula is C58H44N2. The first-order valence-corrected chi connectivity index (χ1v) is 20.9. The highest BCUT2D eigenvalue weighted by atomic mass is 15.1. The summed E-state index contributed by atoms with van der Waals surface area (Å²) in [5.74, 6) is 0. The number of rotatable bonds is 6. The minimum Gasteiger partial charge on any atom is -0.335 e. The second kappa shape index (κ2) is 14.1. The summed E-state index contributed by atoms with van der Waals surface area (Å²) >= 11 is 0. The van der Waals surface area contributed by atoms with Gasteiger partial charge in [0, 0.05) is 44.4 Å². The highest BCUT2D eigenvalue weighted by Crippen LogP contribution is 2.45. The molecule has 60 heavy (non-hydrogen) atoms. The molecule has 0 atom stereocenters. The number of anilines is 3. The van der Waals surface area contributed by atoms with Crippen molar-refractivity contribution in [3.63, 3.8) is 0 Å². The fourth-order valence-electron chi connectivity index (χ4n) is 9.57. The first kappa shape index (κ1) is 35.7. The minimum atomic E-state index is -0.0787. The topological polar surface area (TPSA) is 8.17 Å². The van der Waals surface area contributed by atoms with Crippen LogP contribution in [0.5, 0.6) is 0 Å². The van der Waals surface area contributed by atoms with E-state index in [-0.39, 0.29) is 5.54 Å². The zero-order valence-corrected chi connectivity index (χ0v) is 34.1. The van der Waals surface area contributed by atoms with Crippen LogP contribution in [-0.4, -0.2) is 4.57 Å². The number of hydrogen-bond donors (Lipinski definition) is 0. The third-order valence-electron chi connectivity index (χ3n) is 12.2. The molecular weight excluding hydrogens is 725 g/mol. The summed E-state index contributed by atoms with van der Waals surface area (Å²) in [6, 6.07) is 78.0. The second-order valence-corrected chi connectivity index (χ2v) is 16.9. The van der Waals surface area contributed by atoms with E-state index in [2.05, 4.69) is 243 Å².